The van der Waals surface area contributed by atoms with Crippen LogP contribution in [-0.4, -0.2) is 21.0 Å². The van der Waals surface area contributed by atoms with Crippen molar-refractivity contribution < 1.29 is 19.6 Å². The van der Waals surface area contributed by atoms with Crippen LogP contribution >= 0.6 is 11.6 Å². The lowest BCUT2D eigenvalue weighted by Crippen LogP contribution is -2.00. The van der Waals surface area contributed by atoms with E-state index in [0.29, 0.717) is 0 Å². The van der Waals surface area contributed by atoms with Gasteiger partial charge in [0.2, 0.25) is 0 Å². The molecule has 0 aliphatic carbocycles. The van der Waals surface area contributed by atoms with Crippen molar-refractivity contribution in [1.29, 1.82) is 0 Å². The molecule has 102 valence electrons. The summed E-state index contributed by atoms with van der Waals surface area (Å²) < 4.78 is 5.36. The molecular formula is C12H7ClN2O5. The summed E-state index contributed by atoms with van der Waals surface area (Å²) in [7, 11) is 0. The summed E-state index contributed by atoms with van der Waals surface area (Å²) >= 11 is 5.74. The number of halogens is 1. The van der Waals surface area contributed by atoms with Gasteiger partial charge in [0.15, 0.2) is 0 Å². The molecule has 0 fully saturated rings. The maximum absolute atomic E-state index is 11.0. The molecule has 7 nitrogen and oxygen atoms in total. The number of rotatable bonds is 4. The fourth-order valence-corrected chi connectivity index (χ4v) is 1.70. The maximum Gasteiger partial charge on any atom is 0.341 e. The smallest absolute Gasteiger partial charge is 0.341 e. The molecule has 0 unspecified atom stereocenters. The number of carbonyl (C=O) groups is 1. The average molecular weight is 295 g/mol. The Morgan fingerprint density at radius 2 is 2.15 bits per heavy atom. The summed E-state index contributed by atoms with van der Waals surface area (Å²) in [6, 6.07) is 5.12. The van der Waals surface area contributed by atoms with E-state index in [2.05, 4.69) is 4.98 Å². The van der Waals surface area contributed by atoms with E-state index in [1.54, 1.807) is 0 Å². The number of carboxylic acid groups (broad SMARTS) is 1. The average Bonchev–Trinajstić information content (AvgIpc) is 2.38. The van der Waals surface area contributed by atoms with Crippen LogP contribution in [0.25, 0.3) is 0 Å². The Balaban J connectivity index is 2.34. The number of hydrogen-bond acceptors (Lipinski definition) is 5. The number of nitro groups is 1. The lowest BCUT2D eigenvalue weighted by atomic mass is 10.2. The molecule has 0 saturated carbocycles. The Morgan fingerprint density at radius 1 is 1.40 bits per heavy atom. The minimum absolute atomic E-state index is 0.0671. The van der Waals surface area contributed by atoms with Crippen molar-refractivity contribution >= 4 is 23.3 Å². The number of benzene rings is 1. The highest BCUT2D eigenvalue weighted by molar-refractivity contribution is 6.32. The first-order valence-electron chi connectivity index (χ1n) is 5.28. The van der Waals surface area contributed by atoms with Gasteiger partial charge in [-0.1, -0.05) is 11.6 Å². The normalized spacial score (nSPS) is 10.1. The van der Waals surface area contributed by atoms with Crippen molar-refractivity contribution in [2.45, 2.75) is 0 Å². The van der Waals surface area contributed by atoms with Gasteiger partial charge in [0.25, 0.3) is 5.69 Å². The molecule has 0 atom stereocenters. The Morgan fingerprint density at radius 3 is 2.75 bits per heavy atom. The van der Waals surface area contributed by atoms with Crippen LogP contribution in [0.2, 0.25) is 5.02 Å². The van der Waals surface area contributed by atoms with E-state index in [9.17, 15) is 14.9 Å². The summed E-state index contributed by atoms with van der Waals surface area (Å²) in [6.07, 6.45) is 2.51. The zero-order valence-electron chi connectivity index (χ0n) is 9.82. The lowest BCUT2D eigenvalue weighted by molar-refractivity contribution is -0.384. The molecule has 0 aliphatic rings. The van der Waals surface area contributed by atoms with Crippen LogP contribution in [0.3, 0.4) is 0 Å². The molecule has 1 N–H and O–H groups in total. The molecule has 2 aromatic rings. The van der Waals surface area contributed by atoms with Crippen LogP contribution in [0.4, 0.5) is 5.69 Å². The third-order valence-corrected chi connectivity index (χ3v) is 2.66. The number of ether oxygens (including phenoxy) is 1. The predicted octanol–water partition coefficient (Wildman–Crippen LogP) is 3.13. The molecule has 0 aliphatic heterocycles. The SMILES string of the molecule is O=C(O)c1cnccc1Oc1ccc([N+](=O)[O-])c(Cl)c1. The molecule has 8 heteroatoms. The molecule has 20 heavy (non-hydrogen) atoms. The predicted molar refractivity (Wildman–Crippen MR) is 69.4 cm³/mol. The van der Waals surface area contributed by atoms with E-state index in [4.69, 9.17) is 21.4 Å². The van der Waals surface area contributed by atoms with Crippen molar-refractivity contribution in [2.75, 3.05) is 0 Å². The zero-order chi connectivity index (χ0) is 14.7. The number of nitrogens with zero attached hydrogens (tertiary/aromatic N) is 2. The van der Waals surface area contributed by atoms with Gasteiger partial charge in [-0.15, -0.1) is 0 Å². The molecule has 0 amide bonds. The molecule has 1 aromatic carbocycles. The number of aromatic nitrogens is 1. The first-order chi connectivity index (χ1) is 9.49. The first kappa shape index (κ1) is 13.8. The second kappa shape index (κ2) is 5.54. The Kier molecular flexibility index (Phi) is 3.81. The van der Waals surface area contributed by atoms with Gasteiger partial charge < -0.3 is 9.84 Å². The number of pyridine rings is 1. The van der Waals surface area contributed by atoms with Crippen LogP contribution in [0.1, 0.15) is 10.4 Å². The number of nitro benzene ring substituents is 1. The van der Waals surface area contributed by atoms with Crippen molar-refractivity contribution in [1.82, 2.24) is 4.98 Å². The van der Waals surface area contributed by atoms with Crippen LogP contribution < -0.4 is 4.74 Å². The van der Waals surface area contributed by atoms with Crippen LogP contribution in [0.5, 0.6) is 11.5 Å². The standard InChI is InChI=1S/C12H7ClN2O5/c13-9-5-7(1-2-10(9)15(18)19)20-11-3-4-14-6-8(11)12(16)17/h1-6H,(H,16,17). The fraction of sp³-hybridized carbons (Fsp3) is 0. The summed E-state index contributed by atoms with van der Waals surface area (Å²) in [4.78, 5) is 24.7. The largest absolute Gasteiger partial charge is 0.477 e. The van der Waals surface area contributed by atoms with Gasteiger partial charge in [-0.3, -0.25) is 15.1 Å². The molecular weight excluding hydrogens is 288 g/mol. The quantitative estimate of drug-likeness (QED) is 0.686. The molecule has 0 saturated heterocycles. The molecule has 0 bridgehead atoms. The number of hydrogen-bond donors (Lipinski definition) is 1. The van der Waals surface area contributed by atoms with Crippen LogP contribution in [-0.2, 0) is 0 Å². The van der Waals surface area contributed by atoms with Crippen molar-refractivity contribution in [3.63, 3.8) is 0 Å². The topological polar surface area (TPSA) is 103 Å². The molecule has 2 rings (SSSR count). The van der Waals surface area contributed by atoms with Crippen molar-refractivity contribution in [2.24, 2.45) is 0 Å². The molecule has 0 spiro atoms. The van der Waals surface area contributed by atoms with E-state index in [0.717, 1.165) is 6.20 Å². The fourth-order valence-electron chi connectivity index (χ4n) is 1.46. The first-order valence-corrected chi connectivity index (χ1v) is 5.66. The van der Waals surface area contributed by atoms with Gasteiger partial charge in [-0.05, 0) is 6.07 Å². The zero-order valence-corrected chi connectivity index (χ0v) is 10.6. The third kappa shape index (κ3) is 2.83. The maximum atomic E-state index is 11.0. The molecule has 1 aromatic heterocycles. The van der Waals surface area contributed by atoms with E-state index < -0.39 is 10.9 Å². The van der Waals surface area contributed by atoms with E-state index in [1.807, 2.05) is 0 Å². The highest BCUT2D eigenvalue weighted by atomic mass is 35.5. The van der Waals surface area contributed by atoms with Gasteiger partial charge in [0, 0.05) is 30.6 Å². The third-order valence-electron chi connectivity index (χ3n) is 2.36. The highest BCUT2D eigenvalue weighted by Crippen LogP contribution is 2.31. The number of aromatic carboxylic acids is 1. The van der Waals surface area contributed by atoms with Gasteiger partial charge >= 0.3 is 5.97 Å². The van der Waals surface area contributed by atoms with Crippen molar-refractivity contribution in [3.8, 4) is 11.5 Å². The summed E-state index contributed by atoms with van der Waals surface area (Å²) in [5, 5.41) is 19.5. The van der Waals surface area contributed by atoms with E-state index in [-0.39, 0.29) is 27.8 Å². The Hall–Kier alpha value is -2.67. The van der Waals surface area contributed by atoms with Gasteiger partial charge in [-0.2, -0.15) is 0 Å². The van der Waals surface area contributed by atoms with E-state index in [1.165, 1.54) is 30.5 Å². The highest BCUT2D eigenvalue weighted by Gasteiger charge is 2.15. The lowest BCUT2D eigenvalue weighted by Gasteiger charge is -2.08. The second-order valence-corrected chi connectivity index (χ2v) is 4.06. The summed E-state index contributed by atoms with van der Waals surface area (Å²) in [6.45, 7) is 0. The minimum Gasteiger partial charge on any atom is -0.477 e. The number of carboxylic acids is 1. The molecule has 1 heterocycles. The Bertz CT molecular complexity index is 689. The minimum atomic E-state index is -1.19. The van der Waals surface area contributed by atoms with Gasteiger partial charge in [0.1, 0.15) is 22.1 Å². The second-order valence-electron chi connectivity index (χ2n) is 3.65. The van der Waals surface area contributed by atoms with Crippen LogP contribution in [0.15, 0.2) is 36.7 Å². The van der Waals surface area contributed by atoms with Crippen LogP contribution in [0, 0.1) is 10.1 Å². The van der Waals surface area contributed by atoms with Crippen molar-refractivity contribution in [3.05, 3.63) is 57.4 Å². The monoisotopic (exact) mass is 294 g/mol. The Labute approximate surface area is 117 Å². The van der Waals surface area contributed by atoms with Gasteiger partial charge in [0.05, 0.1) is 4.92 Å². The molecule has 0 radical (unpaired) electrons. The van der Waals surface area contributed by atoms with Gasteiger partial charge in [-0.25, -0.2) is 4.79 Å². The summed E-state index contributed by atoms with van der Waals surface area (Å²) in [5.41, 5.74) is -0.380. The van der Waals surface area contributed by atoms with E-state index >= 15 is 0 Å². The summed E-state index contributed by atoms with van der Waals surface area (Å²) in [5.74, 6) is -0.937.